The van der Waals surface area contributed by atoms with Crippen molar-refractivity contribution < 1.29 is 0 Å². The van der Waals surface area contributed by atoms with Gasteiger partial charge in [-0.25, -0.2) is 9.97 Å². The zero-order chi connectivity index (χ0) is 13.6. The first-order valence-electron chi connectivity index (χ1n) is 7.11. The molecule has 4 rings (SSSR count). The van der Waals surface area contributed by atoms with E-state index in [1.54, 1.807) is 17.3 Å². The van der Waals surface area contributed by atoms with E-state index < -0.39 is 0 Å². The molecule has 2 atom stereocenters. The van der Waals surface area contributed by atoms with Crippen molar-refractivity contribution in [2.45, 2.75) is 45.7 Å². The maximum absolute atomic E-state index is 4.52. The lowest BCUT2D eigenvalue weighted by molar-refractivity contribution is -0.00537. The van der Waals surface area contributed by atoms with Gasteiger partial charge in [0.1, 0.15) is 0 Å². The van der Waals surface area contributed by atoms with Crippen molar-refractivity contribution in [3.05, 3.63) is 29.1 Å². The lowest BCUT2D eigenvalue weighted by atomic mass is 9.49. The third kappa shape index (κ3) is 2.33. The molecule has 1 aromatic heterocycles. The summed E-state index contributed by atoms with van der Waals surface area (Å²) < 4.78 is 0. The van der Waals surface area contributed by atoms with Crippen LogP contribution in [0.1, 0.15) is 38.1 Å². The fourth-order valence-corrected chi connectivity index (χ4v) is 4.58. The Labute approximate surface area is 120 Å². The SMILES string of the molecule is Cc1cc(C)nc(SCC2=CCC3CC2C3(C)C)n1. The second kappa shape index (κ2) is 4.62. The molecule has 1 fully saturated rings. The Hall–Kier alpha value is -0.830. The van der Waals surface area contributed by atoms with Crippen molar-refractivity contribution >= 4 is 11.8 Å². The van der Waals surface area contributed by atoms with E-state index in [0.717, 1.165) is 34.1 Å². The highest BCUT2D eigenvalue weighted by molar-refractivity contribution is 7.99. The number of aromatic nitrogens is 2. The molecule has 3 heteroatoms. The van der Waals surface area contributed by atoms with Gasteiger partial charge in [0, 0.05) is 17.1 Å². The topological polar surface area (TPSA) is 25.8 Å². The maximum atomic E-state index is 4.52. The number of hydrogen-bond donors (Lipinski definition) is 0. The summed E-state index contributed by atoms with van der Waals surface area (Å²) >= 11 is 1.79. The van der Waals surface area contributed by atoms with Gasteiger partial charge in [-0.2, -0.15) is 0 Å². The molecule has 19 heavy (non-hydrogen) atoms. The summed E-state index contributed by atoms with van der Waals surface area (Å²) in [7, 11) is 0. The number of thioether (sulfide) groups is 1. The van der Waals surface area contributed by atoms with Crippen molar-refractivity contribution in [3.63, 3.8) is 0 Å². The van der Waals surface area contributed by atoms with E-state index in [1.165, 1.54) is 12.8 Å². The molecular formula is C16H22N2S. The zero-order valence-electron chi connectivity index (χ0n) is 12.2. The maximum Gasteiger partial charge on any atom is 0.188 e. The molecule has 102 valence electrons. The number of aryl methyl sites for hydroxylation is 2. The molecule has 2 nitrogen and oxygen atoms in total. The fraction of sp³-hybridized carbons (Fsp3) is 0.625. The van der Waals surface area contributed by atoms with E-state index in [-0.39, 0.29) is 0 Å². The normalized spacial score (nSPS) is 27.7. The van der Waals surface area contributed by atoms with Crippen LogP contribution in [0.3, 0.4) is 0 Å². The van der Waals surface area contributed by atoms with Gasteiger partial charge in [0.05, 0.1) is 0 Å². The second-order valence-electron chi connectivity index (χ2n) is 6.54. The lowest BCUT2D eigenvalue weighted by Crippen LogP contribution is -2.48. The van der Waals surface area contributed by atoms with Crippen LogP contribution >= 0.6 is 11.8 Å². The van der Waals surface area contributed by atoms with Crippen LogP contribution in [0, 0.1) is 31.1 Å². The quantitative estimate of drug-likeness (QED) is 0.470. The summed E-state index contributed by atoms with van der Waals surface area (Å²) in [5.41, 5.74) is 4.28. The number of hydrogen-bond acceptors (Lipinski definition) is 3. The first-order valence-corrected chi connectivity index (χ1v) is 8.09. The van der Waals surface area contributed by atoms with Crippen molar-refractivity contribution in [3.8, 4) is 0 Å². The molecule has 0 radical (unpaired) electrons. The third-order valence-electron chi connectivity index (χ3n) is 4.91. The summed E-state index contributed by atoms with van der Waals surface area (Å²) in [6, 6.07) is 2.03. The van der Waals surface area contributed by atoms with Crippen LogP contribution in [0.25, 0.3) is 0 Å². The molecule has 0 aromatic carbocycles. The van der Waals surface area contributed by atoms with Gasteiger partial charge in [-0.05, 0) is 50.0 Å². The van der Waals surface area contributed by atoms with Crippen molar-refractivity contribution in [2.24, 2.45) is 17.3 Å². The van der Waals surface area contributed by atoms with E-state index in [9.17, 15) is 0 Å². The predicted octanol–water partition coefficient (Wildman–Crippen LogP) is 4.18. The molecule has 3 aliphatic carbocycles. The van der Waals surface area contributed by atoms with E-state index in [0.29, 0.717) is 5.41 Å². The Morgan fingerprint density at radius 3 is 2.53 bits per heavy atom. The molecule has 0 spiro atoms. The minimum absolute atomic E-state index is 0.522. The van der Waals surface area contributed by atoms with Crippen molar-refractivity contribution in [1.29, 1.82) is 0 Å². The van der Waals surface area contributed by atoms with Gasteiger partial charge in [-0.1, -0.05) is 37.3 Å². The average molecular weight is 274 g/mol. The van der Waals surface area contributed by atoms with Gasteiger partial charge >= 0.3 is 0 Å². The Kier molecular flexibility index (Phi) is 3.20. The monoisotopic (exact) mass is 274 g/mol. The number of fused-ring (bicyclic) bond motifs is 1. The fourth-order valence-electron chi connectivity index (χ4n) is 3.55. The van der Waals surface area contributed by atoms with E-state index in [1.807, 2.05) is 19.9 Å². The largest absolute Gasteiger partial charge is 0.228 e. The highest BCUT2D eigenvalue weighted by atomic mass is 32.2. The first kappa shape index (κ1) is 13.2. The smallest absolute Gasteiger partial charge is 0.188 e. The van der Waals surface area contributed by atoms with Crippen molar-refractivity contribution in [2.75, 3.05) is 5.75 Å². The lowest BCUT2D eigenvalue weighted by Gasteiger charge is -2.56. The molecule has 1 aromatic rings. The van der Waals surface area contributed by atoms with Crippen LogP contribution in [-0.2, 0) is 0 Å². The summed E-state index contributed by atoms with van der Waals surface area (Å²) in [6.45, 7) is 8.93. The molecule has 0 saturated heterocycles. The Morgan fingerprint density at radius 2 is 1.95 bits per heavy atom. The highest BCUT2D eigenvalue weighted by Gasteiger charge is 2.50. The van der Waals surface area contributed by atoms with Gasteiger partial charge < -0.3 is 0 Å². The van der Waals surface area contributed by atoms with E-state index >= 15 is 0 Å². The molecule has 2 unspecified atom stereocenters. The molecular weight excluding hydrogens is 252 g/mol. The van der Waals surface area contributed by atoms with E-state index in [2.05, 4.69) is 29.9 Å². The third-order valence-corrected chi connectivity index (χ3v) is 5.83. The minimum atomic E-state index is 0.522. The Bertz CT molecular complexity index is 513. The molecule has 0 aliphatic heterocycles. The van der Waals surface area contributed by atoms with Gasteiger partial charge in [-0.15, -0.1) is 0 Å². The number of allylic oxidation sites excluding steroid dienone is 1. The van der Waals surface area contributed by atoms with Gasteiger partial charge in [0.2, 0.25) is 0 Å². The predicted molar refractivity (Wildman–Crippen MR) is 80.3 cm³/mol. The van der Waals surface area contributed by atoms with Crippen LogP contribution < -0.4 is 0 Å². The minimum Gasteiger partial charge on any atom is -0.228 e. The zero-order valence-corrected chi connectivity index (χ0v) is 13.0. The van der Waals surface area contributed by atoms with Crippen LogP contribution in [0.5, 0.6) is 0 Å². The molecule has 3 aliphatic rings. The second-order valence-corrected chi connectivity index (χ2v) is 7.49. The number of nitrogens with zero attached hydrogens (tertiary/aromatic N) is 2. The molecule has 2 bridgehead atoms. The van der Waals surface area contributed by atoms with E-state index in [4.69, 9.17) is 0 Å². The standard InChI is InChI=1S/C16H22N2S/c1-10-7-11(2)18-15(17-10)19-9-12-5-6-13-8-14(12)16(13,3)4/h5,7,13-14H,6,8-9H2,1-4H3. The molecule has 1 heterocycles. The Morgan fingerprint density at radius 1 is 1.26 bits per heavy atom. The average Bonchev–Trinajstić information content (AvgIpc) is 2.35. The summed E-state index contributed by atoms with van der Waals surface area (Å²) in [6.07, 6.45) is 5.14. The highest BCUT2D eigenvalue weighted by Crippen LogP contribution is 2.59. The molecule has 0 N–H and O–H groups in total. The van der Waals surface area contributed by atoms with Crippen LogP contribution in [-0.4, -0.2) is 15.7 Å². The summed E-state index contributed by atoms with van der Waals surface area (Å²) in [4.78, 5) is 9.03. The summed E-state index contributed by atoms with van der Waals surface area (Å²) in [5, 5.41) is 0.928. The van der Waals surface area contributed by atoms with Crippen LogP contribution in [0.15, 0.2) is 22.9 Å². The van der Waals surface area contributed by atoms with Crippen LogP contribution in [0.4, 0.5) is 0 Å². The Balaban J connectivity index is 1.68. The summed E-state index contributed by atoms with van der Waals surface area (Å²) in [5.74, 6) is 2.78. The van der Waals surface area contributed by atoms with Gasteiger partial charge in [0.15, 0.2) is 5.16 Å². The number of rotatable bonds is 3. The van der Waals surface area contributed by atoms with Crippen LogP contribution in [0.2, 0.25) is 0 Å². The van der Waals surface area contributed by atoms with Gasteiger partial charge in [-0.3, -0.25) is 0 Å². The first-order chi connectivity index (χ1) is 8.96. The molecule has 1 saturated carbocycles. The van der Waals surface area contributed by atoms with Gasteiger partial charge in [0.25, 0.3) is 0 Å². The molecule has 0 amide bonds. The van der Waals surface area contributed by atoms with Crippen molar-refractivity contribution in [1.82, 2.24) is 9.97 Å².